The molecule has 80 valence electrons. The molecule has 0 heterocycles. The lowest BCUT2D eigenvalue weighted by Gasteiger charge is -2.29. The molecule has 0 amide bonds. The highest BCUT2D eigenvalue weighted by molar-refractivity contribution is 4.75. The van der Waals surface area contributed by atoms with Crippen LogP contribution >= 0.6 is 0 Å². The largest absolute Gasteiger partial charge is 0.396 e. The Morgan fingerprint density at radius 3 is 2.00 bits per heavy atom. The van der Waals surface area contributed by atoms with E-state index < -0.39 is 0 Å². The second kappa shape index (κ2) is 6.42. The summed E-state index contributed by atoms with van der Waals surface area (Å²) in [7, 11) is 0. The van der Waals surface area contributed by atoms with E-state index in [4.69, 9.17) is 0 Å². The lowest BCUT2D eigenvalue weighted by atomic mass is 9.78. The Morgan fingerprint density at radius 2 is 1.69 bits per heavy atom. The van der Waals surface area contributed by atoms with Gasteiger partial charge in [-0.3, -0.25) is 0 Å². The summed E-state index contributed by atoms with van der Waals surface area (Å²) in [6.45, 7) is 9.26. The van der Waals surface area contributed by atoms with Gasteiger partial charge in [-0.05, 0) is 30.6 Å². The fourth-order valence-corrected chi connectivity index (χ4v) is 1.79. The highest BCUT2D eigenvalue weighted by Crippen LogP contribution is 2.32. The molecule has 0 spiro atoms. The number of hydrogen-bond acceptors (Lipinski definition) is 1. The van der Waals surface area contributed by atoms with Gasteiger partial charge in [0.1, 0.15) is 0 Å². The number of rotatable bonds is 7. The molecule has 0 bridgehead atoms. The second-order valence-corrected chi connectivity index (χ2v) is 4.65. The first-order valence-electron chi connectivity index (χ1n) is 5.71. The number of aliphatic hydroxyl groups excluding tert-OH is 1. The molecule has 1 nitrogen and oxygen atoms in total. The molecule has 0 rings (SSSR count). The average Bonchev–Trinajstić information content (AvgIpc) is 2.13. The van der Waals surface area contributed by atoms with Crippen molar-refractivity contribution in [2.24, 2.45) is 11.3 Å². The van der Waals surface area contributed by atoms with E-state index in [1.807, 2.05) is 0 Å². The summed E-state index contributed by atoms with van der Waals surface area (Å²) in [5.74, 6) is 0.796. The maximum atomic E-state index is 9.34. The number of hydrogen-bond donors (Lipinski definition) is 1. The molecule has 0 aromatic heterocycles. The van der Waals surface area contributed by atoms with Gasteiger partial charge < -0.3 is 5.11 Å². The molecular weight excluding hydrogens is 160 g/mol. The van der Waals surface area contributed by atoms with Crippen molar-refractivity contribution in [3.8, 4) is 0 Å². The van der Waals surface area contributed by atoms with Crippen LogP contribution < -0.4 is 0 Å². The smallest absolute Gasteiger partial charge is 0.0487 e. The van der Waals surface area contributed by atoms with Crippen molar-refractivity contribution in [1.82, 2.24) is 0 Å². The molecular formula is C12H26O. The van der Waals surface area contributed by atoms with Crippen LogP contribution in [0.25, 0.3) is 0 Å². The van der Waals surface area contributed by atoms with Crippen LogP contribution in [0.15, 0.2) is 0 Å². The van der Waals surface area contributed by atoms with Crippen molar-refractivity contribution in [2.75, 3.05) is 6.61 Å². The minimum absolute atomic E-state index is 0.217. The minimum atomic E-state index is 0.217. The summed E-state index contributed by atoms with van der Waals surface area (Å²) >= 11 is 0. The molecule has 0 radical (unpaired) electrons. The van der Waals surface area contributed by atoms with Gasteiger partial charge in [0.05, 0.1) is 0 Å². The molecule has 0 atom stereocenters. The van der Waals surface area contributed by atoms with Crippen LogP contribution in [0.3, 0.4) is 0 Å². The Labute approximate surface area is 83.5 Å². The SMILES string of the molecule is CCC(CC)(CO)CCCC(C)C. The van der Waals surface area contributed by atoms with Gasteiger partial charge in [-0.15, -0.1) is 0 Å². The fourth-order valence-electron chi connectivity index (χ4n) is 1.79. The first-order chi connectivity index (χ1) is 6.10. The molecule has 0 aliphatic heterocycles. The zero-order valence-electron chi connectivity index (χ0n) is 9.77. The zero-order chi connectivity index (χ0) is 10.3. The maximum absolute atomic E-state index is 9.34. The van der Waals surface area contributed by atoms with Gasteiger partial charge in [0.25, 0.3) is 0 Å². The van der Waals surface area contributed by atoms with Gasteiger partial charge in [-0.2, -0.15) is 0 Å². The van der Waals surface area contributed by atoms with Gasteiger partial charge in [-0.1, -0.05) is 40.5 Å². The lowest BCUT2D eigenvalue weighted by Crippen LogP contribution is -2.23. The first kappa shape index (κ1) is 13.0. The van der Waals surface area contributed by atoms with Crippen molar-refractivity contribution in [3.63, 3.8) is 0 Å². The van der Waals surface area contributed by atoms with E-state index in [1.165, 1.54) is 19.3 Å². The van der Waals surface area contributed by atoms with Crippen molar-refractivity contribution < 1.29 is 5.11 Å². The average molecular weight is 186 g/mol. The predicted octanol–water partition coefficient (Wildman–Crippen LogP) is 3.61. The van der Waals surface area contributed by atoms with E-state index in [-0.39, 0.29) is 5.41 Å². The normalized spacial score (nSPS) is 12.5. The van der Waals surface area contributed by atoms with E-state index in [0.29, 0.717) is 6.61 Å². The zero-order valence-corrected chi connectivity index (χ0v) is 9.77. The van der Waals surface area contributed by atoms with Crippen LogP contribution in [0.2, 0.25) is 0 Å². The van der Waals surface area contributed by atoms with Crippen molar-refractivity contribution >= 4 is 0 Å². The fraction of sp³-hybridized carbons (Fsp3) is 1.00. The molecule has 0 saturated carbocycles. The maximum Gasteiger partial charge on any atom is 0.0487 e. The molecule has 0 saturated heterocycles. The van der Waals surface area contributed by atoms with Gasteiger partial charge in [0, 0.05) is 6.61 Å². The summed E-state index contributed by atoms with van der Waals surface area (Å²) < 4.78 is 0. The third-order valence-electron chi connectivity index (χ3n) is 3.32. The van der Waals surface area contributed by atoms with Gasteiger partial charge >= 0.3 is 0 Å². The summed E-state index contributed by atoms with van der Waals surface area (Å²) in [4.78, 5) is 0. The lowest BCUT2D eigenvalue weighted by molar-refractivity contribution is 0.101. The van der Waals surface area contributed by atoms with Crippen LogP contribution in [0, 0.1) is 11.3 Å². The molecule has 0 aliphatic rings. The van der Waals surface area contributed by atoms with E-state index in [2.05, 4.69) is 27.7 Å². The Hall–Kier alpha value is -0.0400. The Kier molecular flexibility index (Phi) is 6.40. The standard InChI is InChI=1S/C12H26O/c1-5-12(6-2,10-13)9-7-8-11(3)4/h11,13H,5-10H2,1-4H3. The highest BCUT2D eigenvalue weighted by Gasteiger charge is 2.24. The summed E-state index contributed by atoms with van der Waals surface area (Å²) in [6.07, 6.45) is 5.96. The van der Waals surface area contributed by atoms with Gasteiger partial charge in [-0.25, -0.2) is 0 Å². The third kappa shape index (κ3) is 4.66. The molecule has 1 heteroatoms. The van der Waals surface area contributed by atoms with Crippen LogP contribution in [0.1, 0.15) is 59.8 Å². The summed E-state index contributed by atoms with van der Waals surface area (Å²) in [5, 5.41) is 9.34. The molecule has 0 fully saturated rings. The summed E-state index contributed by atoms with van der Waals surface area (Å²) in [5.41, 5.74) is 0.217. The van der Waals surface area contributed by atoms with Crippen LogP contribution in [-0.2, 0) is 0 Å². The molecule has 0 unspecified atom stereocenters. The quantitative estimate of drug-likeness (QED) is 0.644. The monoisotopic (exact) mass is 186 g/mol. The Balaban J connectivity index is 3.81. The van der Waals surface area contributed by atoms with Crippen molar-refractivity contribution in [3.05, 3.63) is 0 Å². The molecule has 1 N–H and O–H groups in total. The Bertz CT molecular complexity index is 106. The van der Waals surface area contributed by atoms with Crippen molar-refractivity contribution in [1.29, 1.82) is 0 Å². The van der Waals surface area contributed by atoms with Crippen LogP contribution in [0.5, 0.6) is 0 Å². The first-order valence-corrected chi connectivity index (χ1v) is 5.71. The molecule has 0 aromatic carbocycles. The van der Waals surface area contributed by atoms with E-state index in [1.54, 1.807) is 0 Å². The minimum Gasteiger partial charge on any atom is -0.396 e. The predicted molar refractivity (Wildman–Crippen MR) is 58.8 cm³/mol. The molecule has 13 heavy (non-hydrogen) atoms. The third-order valence-corrected chi connectivity index (χ3v) is 3.32. The highest BCUT2D eigenvalue weighted by atomic mass is 16.3. The number of aliphatic hydroxyl groups is 1. The molecule has 0 aliphatic carbocycles. The molecule has 0 aromatic rings. The topological polar surface area (TPSA) is 20.2 Å². The van der Waals surface area contributed by atoms with E-state index >= 15 is 0 Å². The van der Waals surface area contributed by atoms with Gasteiger partial charge in [0.15, 0.2) is 0 Å². The van der Waals surface area contributed by atoms with Crippen LogP contribution in [-0.4, -0.2) is 11.7 Å². The van der Waals surface area contributed by atoms with Crippen LogP contribution in [0.4, 0.5) is 0 Å². The van der Waals surface area contributed by atoms with E-state index in [0.717, 1.165) is 18.8 Å². The summed E-state index contributed by atoms with van der Waals surface area (Å²) in [6, 6.07) is 0. The second-order valence-electron chi connectivity index (χ2n) is 4.65. The van der Waals surface area contributed by atoms with Crippen molar-refractivity contribution in [2.45, 2.75) is 59.8 Å². The van der Waals surface area contributed by atoms with E-state index in [9.17, 15) is 5.11 Å². The van der Waals surface area contributed by atoms with Gasteiger partial charge in [0.2, 0.25) is 0 Å². The Morgan fingerprint density at radius 1 is 1.15 bits per heavy atom.